The lowest BCUT2D eigenvalue weighted by atomic mass is 9.92. The predicted molar refractivity (Wildman–Crippen MR) is 50.5 cm³/mol. The fraction of sp³-hybridized carbons (Fsp3) is 0.455. The molecule has 2 aliphatic rings. The molecule has 0 aliphatic heterocycles. The average molecular weight is 179 g/mol. The van der Waals surface area contributed by atoms with Crippen molar-refractivity contribution in [2.75, 3.05) is 0 Å². The smallest absolute Gasteiger partial charge is 0.0405 e. The van der Waals surface area contributed by atoms with Gasteiger partial charge >= 0.3 is 0 Å². The predicted octanol–water partition coefficient (Wildman–Crippen LogP) is 2.64. The molecule has 0 saturated heterocycles. The summed E-state index contributed by atoms with van der Waals surface area (Å²) >= 11 is 6.15. The molecule has 0 aromatic heterocycles. The lowest BCUT2D eigenvalue weighted by Gasteiger charge is -2.13. The number of alkyl halides is 1. The zero-order valence-electron chi connectivity index (χ0n) is 6.83. The van der Waals surface area contributed by atoms with Gasteiger partial charge in [-0.05, 0) is 35.8 Å². The van der Waals surface area contributed by atoms with Gasteiger partial charge < -0.3 is 0 Å². The van der Waals surface area contributed by atoms with Gasteiger partial charge in [0.2, 0.25) is 0 Å². The summed E-state index contributed by atoms with van der Waals surface area (Å²) in [6, 6.07) is 8.75. The van der Waals surface area contributed by atoms with Gasteiger partial charge in [0.15, 0.2) is 0 Å². The van der Waals surface area contributed by atoms with Crippen molar-refractivity contribution in [2.24, 2.45) is 11.8 Å². The summed E-state index contributed by atoms with van der Waals surface area (Å²) < 4.78 is 0. The summed E-state index contributed by atoms with van der Waals surface area (Å²) in [5.74, 6) is 1.59. The minimum Gasteiger partial charge on any atom is -0.122 e. The van der Waals surface area contributed by atoms with Gasteiger partial charge in [0.05, 0.1) is 0 Å². The van der Waals surface area contributed by atoms with Crippen molar-refractivity contribution < 1.29 is 0 Å². The molecule has 62 valence electrons. The number of rotatable bonds is 0. The van der Waals surface area contributed by atoms with E-state index in [1.807, 2.05) is 0 Å². The molecule has 3 rings (SSSR count). The van der Waals surface area contributed by atoms with Crippen LogP contribution in [0.3, 0.4) is 0 Å². The van der Waals surface area contributed by atoms with Crippen LogP contribution in [-0.4, -0.2) is 5.38 Å². The molecule has 0 radical (unpaired) electrons. The van der Waals surface area contributed by atoms with E-state index in [1.165, 1.54) is 24.0 Å². The molecule has 1 saturated carbocycles. The average Bonchev–Trinajstić information content (AvgIpc) is 2.74. The first-order valence-corrected chi connectivity index (χ1v) is 5.01. The Morgan fingerprint density at radius 1 is 1.00 bits per heavy atom. The fourth-order valence-corrected chi connectivity index (χ4v) is 2.86. The topological polar surface area (TPSA) is 0 Å². The van der Waals surface area contributed by atoms with Crippen LogP contribution < -0.4 is 0 Å². The van der Waals surface area contributed by atoms with Gasteiger partial charge in [-0.3, -0.25) is 0 Å². The minimum absolute atomic E-state index is 0.470. The Morgan fingerprint density at radius 2 is 1.50 bits per heavy atom. The van der Waals surface area contributed by atoms with Gasteiger partial charge in [-0.25, -0.2) is 0 Å². The maximum Gasteiger partial charge on any atom is 0.0405 e. The van der Waals surface area contributed by atoms with Crippen molar-refractivity contribution in [2.45, 2.75) is 18.2 Å². The SMILES string of the molecule is ClC1C2Cc3ccccc3CC12. The summed E-state index contributed by atoms with van der Waals surface area (Å²) in [4.78, 5) is 0. The van der Waals surface area contributed by atoms with Crippen molar-refractivity contribution in [3.05, 3.63) is 35.4 Å². The van der Waals surface area contributed by atoms with Crippen molar-refractivity contribution >= 4 is 11.6 Å². The molecular formula is C11H11Cl. The third-order valence-electron chi connectivity index (χ3n) is 3.26. The Kier molecular flexibility index (Phi) is 1.31. The van der Waals surface area contributed by atoms with Gasteiger partial charge in [0.1, 0.15) is 0 Å². The van der Waals surface area contributed by atoms with E-state index < -0.39 is 0 Å². The maximum atomic E-state index is 6.15. The van der Waals surface area contributed by atoms with Gasteiger partial charge in [-0.1, -0.05) is 24.3 Å². The Labute approximate surface area is 77.5 Å². The number of fused-ring (bicyclic) bond motifs is 2. The summed E-state index contributed by atoms with van der Waals surface area (Å²) in [5.41, 5.74) is 3.06. The van der Waals surface area contributed by atoms with E-state index in [0.717, 1.165) is 11.8 Å². The van der Waals surface area contributed by atoms with Crippen molar-refractivity contribution in [3.8, 4) is 0 Å². The number of benzene rings is 1. The number of hydrogen-bond acceptors (Lipinski definition) is 0. The first-order valence-electron chi connectivity index (χ1n) is 4.57. The van der Waals surface area contributed by atoms with E-state index in [1.54, 1.807) is 0 Å². The van der Waals surface area contributed by atoms with Crippen LogP contribution in [0.1, 0.15) is 11.1 Å². The molecule has 1 aromatic carbocycles. The van der Waals surface area contributed by atoms with Crippen LogP contribution in [0.4, 0.5) is 0 Å². The zero-order chi connectivity index (χ0) is 8.13. The molecule has 2 aliphatic carbocycles. The molecule has 0 N–H and O–H groups in total. The highest BCUT2D eigenvalue weighted by molar-refractivity contribution is 6.23. The summed E-state index contributed by atoms with van der Waals surface area (Å²) in [7, 11) is 0. The highest BCUT2D eigenvalue weighted by Gasteiger charge is 2.50. The third-order valence-corrected chi connectivity index (χ3v) is 3.90. The monoisotopic (exact) mass is 178 g/mol. The van der Waals surface area contributed by atoms with Crippen molar-refractivity contribution in [1.29, 1.82) is 0 Å². The molecule has 0 heterocycles. The number of hydrogen-bond donors (Lipinski definition) is 0. The third kappa shape index (κ3) is 0.847. The van der Waals surface area contributed by atoms with Crippen molar-refractivity contribution in [3.63, 3.8) is 0 Å². The Morgan fingerprint density at radius 3 is 2.00 bits per heavy atom. The van der Waals surface area contributed by atoms with Crippen molar-refractivity contribution in [1.82, 2.24) is 0 Å². The Balaban J connectivity index is 2.00. The maximum absolute atomic E-state index is 6.15. The molecule has 0 bridgehead atoms. The molecule has 0 spiro atoms. The van der Waals surface area contributed by atoms with E-state index in [4.69, 9.17) is 11.6 Å². The first kappa shape index (κ1) is 6.97. The van der Waals surface area contributed by atoms with E-state index in [0.29, 0.717) is 5.38 Å². The minimum atomic E-state index is 0.470. The largest absolute Gasteiger partial charge is 0.122 e. The molecule has 0 amide bonds. The second-order valence-corrected chi connectivity index (χ2v) is 4.45. The van der Waals surface area contributed by atoms with Crippen LogP contribution in [0.2, 0.25) is 0 Å². The van der Waals surface area contributed by atoms with E-state index in [9.17, 15) is 0 Å². The lowest BCUT2D eigenvalue weighted by molar-refractivity contribution is 0.648. The van der Waals surface area contributed by atoms with Crippen LogP contribution in [-0.2, 0) is 12.8 Å². The summed E-state index contributed by atoms with van der Waals surface area (Å²) in [6.07, 6.45) is 2.43. The first-order chi connectivity index (χ1) is 5.86. The van der Waals surface area contributed by atoms with Gasteiger partial charge in [0, 0.05) is 5.38 Å². The molecule has 2 atom stereocenters. The van der Waals surface area contributed by atoms with Crippen LogP contribution in [0.15, 0.2) is 24.3 Å². The molecular weight excluding hydrogens is 168 g/mol. The fourth-order valence-electron chi connectivity index (χ4n) is 2.39. The Hall–Kier alpha value is -0.490. The van der Waals surface area contributed by atoms with Gasteiger partial charge in [-0.15, -0.1) is 11.6 Å². The molecule has 1 heteroatoms. The lowest BCUT2D eigenvalue weighted by Crippen LogP contribution is -2.04. The standard InChI is InChI=1S/C11H11Cl/c12-11-9-5-7-3-1-2-4-8(7)6-10(9)11/h1-4,9-11H,5-6H2. The highest BCUT2D eigenvalue weighted by atomic mass is 35.5. The quantitative estimate of drug-likeness (QED) is 0.536. The second-order valence-electron chi connectivity index (χ2n) is 3.95. The molecule has 12 heavy (non-hydrogen) atoms. The van der Waals surface area contributed by atoms with Crippen LogP contribution in [0.5, 0.6) is 0 Å². The van der Waals surface area contributed by atoms with Gasteiger partial charge in [0.25, 0.3) is 0 Å². The normalized spacial score (nSPS) is 36.9. The molecule has 1 fully saturated rings. The Bertz CT molecular complexity index is 288. The van der Waals surface area contributed by atoms with Crippen LogP contribution >= 0.6 is 11.6 Å². The van der Waals surface area contributed by atoms with Crippen LogP contribution in [0, 0.1) is 11.8 Å². The van der Waals surface area contributed by atoms with E-state index in [2.05, 4.69) is 24.3 Å². The zero-order valence-corrected chi connectivity index (χ0v) is 7.59. The van der Waals surface area contributed by atoms with E-state index in [-0.39, 0.29) is 0 Å². The summed E-state index contributed by atoms with van der Waals surface area (Å²) in [5, 5.41) is 0.470. The molecule has 0 nitrogen and oxygen atoms in total. The number of halogens is 1. The molecule has 2 unspecified atom stereocenters. The highest BCUT2D eigenvalue weighted by Crippen LogP contribution is 2.51. The van der Waals surface area contributed by atoms with E-state index >= 15 is 0 Å². The molecule has 1 aromatic rings. The second kappa shape index (κ2) is 2.26. The summed E-state index contributed by atoms with van der Waals surface area (Å²) in [6.45, 7) is 0. The van der Waals surface area contributed by atoms with Gasteiger partial charge in [-0.2, -0.15) is 0 Å². The van der Waals surface area contributed by atoms with Crippen LogP contribution in [0.25, 0.3) is 0 Å².